The van der Waals surface area contributed by atoms with E-state index in [-0.39, 0.29) is 11.4 Å². The van der Waals surface area contributed by atoms with Gasteiger partial charge in [-0.25, -0.2) is 0 Å². The topological polar surface area (TPSA) is 46.2 Å². The Morgan fingerprint density at radius 1 is 1.35 bits per heavy atom. The molecule has 0 aliphatic heterocycles. The Balaban J connectivity index is 2.13. The molecule has 1 aromatic rings. The van der Waals surface area contributed by atoms with Crippen LogP contribution in [0.4, 0.5) is 0 Å². The van der Waals surface area contributed by atoms with Crippen LogP contribution in [-0.2, 0) is 4.79 Å². The Labute approximate surface area is 118 Å². The highest BCUT2D eigenvalue weighted by molar-refractivity contribution is 5.95. The van der Waals surface area contributed by atoms with E-state index in [0.717, 1.165) is 12.0 Å². The van der Waals surface area contributed by atoms with Gasteiger partial charge in [0.1, 0.15) is 6.29 Å². The van der Waals surface area contributed by atoms with Gasteiger partial charge in [0.15, 0.2) is 0 Å². The van der Waals surface area contributed by atoms with Crippen molar-refractivity contribution >= 4 is 18.3 Å². The SMILES string of the molecule is CC1(NC(=O)c2cccc(/C=C/C=O)c2)C=CC=CC1. The molecular formula is C17H17NO2. The summed E-state index contributed by atoms with van der Waals surface area (Å²) in [7, 11) is 0. The van der Waals surface area contributed by atoms with Gasteiger partial charge in [-0.1, -0.05) is 42.5 Å². The summed E-state index contributed by atoms with van der Waals surface area (Å²) in [5, 5.41) is 3.02. The molecule has 0 saturated carbocycles. The quantitative estimate of drug-likeness (QED) is 0.673. The maximum atomic E-state index is 12.3. The number of rotatable bonds is 4. The Hall–Kier alpha value is -2.42. The third-order valence-corrected chi connectivity index (χ3v) is 3.17. The molecule has 0 aromatic heterocycles. The minimum Gasteiger partial charge on any atom is -0.343 e. The Morgan fingerprint density at radius 2 is 2.20 bits per heavy atom. The molecule has 3 heteroatoms. The minimum absolute atomic E-state index is 0.117. The zero-order valence-corrected chi connectivity index (χ0v) is 11.4. The van der Waals surface area contributed by atoms with Gasteiger partial charge in [-0.3, -0.25) is 9.59 Å². The highest BCUT2D eigenvalue weighted by Crippen LogP contribution is 2.18. The lowest BCUT2D eigenvalue weighted by Crippen LogP contribution is -2.44. The van der Waals surface area contributed by atoms with Gasteiger partial charge in [-0.2, -0.15) is 0 Å². The van der Waals surface area contributed by atoms with Crippen LogP contribution in [0.2, 0.25) is 0 Å². The van der Waals surface area contributed by atoms with Crippen LogP contribution in [0.25, 0.3) is 6.08 Å². The summed E-state index contributed by atoms with van der Waals surface area (Å²) in [5.74, 6) is -0.117. The number of nitrogens with one attached hydrogen (secondary N) is 1. The third-order valence-electron chi connectivity index (χ3n) is 3.17. The van der Waals surface area contributed by atoms with E-state index >= 15 is 0 Å². The smallest absolute Gasteiger partial charge is 0.251 e. The highest BCUT2D eigenvalue weighted by Gasteiger charge is 2.23. The van der Waals surface area contributed by atoms with Crippen molar-refractivity contribution in [3.8, 4) is 0 Å². The van der Waals surface area contributed by atoms with Crippen LogP contribution in [0, 0.1) is 0 Å². The summed E-state index contributed by atoms with van der Waals surface area (Å²) >= 11 is 0. The number of amides is 1. The van der Waals surface area contributed by atoms with Gasteiger partial charge in [-0.15, -0.1) is 0 Å². The van der Waals surface area contributed by atoms with Crippen molar-refractivity contribution < 1.29 is 9.59 Å². The second-order valence-corrected chi connectivity index (χ2v) is 4.98. The summed E-state index contributed by atoms with van der Waals surface area (Å²) in [6, 6.07) is 7.18. The van der Waals surface area contributed by atoms with E-state index in [4.69, 9.17) is 0 Å². The van der Waals surface area contributed by atoms with Gasteiger partial charge < -0.3 is 5.32 Å². The molecule has 0 spiro atoms. The maximum Gasteiger partial charge on any atom is 0.251 e. The first-order valence-electron chi connectivity index (χ1n) is 6.52. The molecular weight excluding hydrogens is 250 g/mol. The third kappa shape index (κ3) is 3.54. The van der Waals surface area contributed by atoms with Crippen molar-refractivity contribution in [3.63, 3.8) is 0 Å². The molecule has 3 nitrogen and oxygen atoms in total. The van der Waals surface area contributed by atoms with Gasteiger partial charge >= 0.3 is 0 Å². The highest BCUT2D eigenvalue weighted by atomic mass is 16.1. The molecule has 1 amide bonds. The van der Waals surface area contributed by atoms with Crippen molar-refractivity contribution in [2.75, 3.05) is 0 Å². The number of hydrogen-bond donors (Lipinski definition) is 1. The number of hydrogen-bond acceptors (Lipinski definition) is 2. The van der Waals surface area contributed by atoms with Crippen molar-refractivity contribution in [2.24, 2.45) is 0 Å². The Morgan fingerprint density at radius 3 is 2.90 bits per heavy atom. The van der Waals surface area contributed by atoms with E-state index in [1.54, 1.807) is 24.3 Å². The Kier molecular flexibility index (Phi) is 4.31. The maximum absolute atomic E-state index is 12.3. The van der Waals surface area contributed by atoms with Crippen molar-refractivity contribution in [2.45, 2.75) is 18.9 Å². The summed E-state index contributed by atoms with van der Waals surface area (Å²) in [6.07, 6.45) is 12.5. The van der Waals surface area contributed by atoms with Gasteiger partial charge in [0.2, 0.25) is 0 Å². The van der Waals surface area contributed by atoms with Crippen LogP contribution >= 0.6 is 0 Å². The van der Waals surface area contributed by atoms with Crippen LogP contribution in [0.1, 0.15) is 29.3 Å². The van der Waals surface area contributed by atoms with Gasteiger partial charge in [0.05, 0.1) is 5.54 Å². The first kappa shape index (κ1) is 14.0. The van der Waals surface area contributed by atoms with E-state index in [0.29, 0.717) is 11.8 Å². The summed E-state index contributed by atoms with van der Waals surface area (Å²) in [5.41, 5.74) is 1.07. The van der Waals surface area contributed by atoms with Gasteiger partial charge in [0.25, 0.3) is 5.91 Å². The average Bonchev–Trinajstić information content (AvgIpc) is 2.45. The molecule has 1 aliphatic carbocycles. The van der Waals surface area contributed by atoms with E-state index in [2.05, 4.69) is 5.32 Å². The largest absolute Gasteiger partial charge is 0.343 e. The standard InChI is InChI=1S/C17H17NO2/c1-17(10-3-2-4-11-17)18-16(20)15-9-5-7-14(13-15)8-6-12-19/h2-10,12-13H,11H2,1H3,(H,18,20)/b8-6+. The molecule has 0 heterocycles. The molecule has 0 saturated heterocycles. The fourth-order valence-corrected chi connectivity index (χ4v) is 2.09. The van der Waals surface area contributed by atoms with Crippen molar-refractivity contribution in [1.29, 1.82) is 0 Å². The van der Waals surface area contributed by atoms with Gasteiger partial charge in [-0.05, 0) is 37.1 Å². The minimum atomic E-state index is -0.347. The lowest BCUT2D eigenvalue weighted by Gasteiger charge is -2.28. The molecule has 0 fully saturated rings. The summed E-state index contributed by atoms with van der Waals surface area (Å²) in [4.78, 5) is 22.6. The zero-order valence-electron chi connectivity index (χ0n) is 11.4. The van der Waals surface area contributed by atoms with E-state index in [9.17, 15) is 9.59 Å². The molecule has 0 bridgehead atoms. The predicted molar refractivity (Wildman–Crippen MR) is 80.3 cm³/mol. The van der Waals surface area contributed by atoms with Crippen molar-refractivity contribution in [3.05, 3.63) is 65.8 Å². The fourth-order valence-electron chi connectivity index (χ4n) is 2.09. The summed E-state index contributed by atoms with van der Waals surface area (Å²) < 4.78 is 0. The summed E-state index contributed by atoms with van der Waals surface area (Å²) in [6.45, 7) is 1.99. The van der Waals surface area contributed by atoms with Crippen LogP contribution in [-0.4, -0.2) is 17.7 Å². The fraction of sp³-hybridized carbons (Fsp3) is 0.176. The number of allylic oxidation sites excluding steroid dienone is 3. The first-order chi connectivity index (χ1) is 9.63. The number of benzene rings is 1. The van der Waals surface area contributed by atoms with E-state index in [1.165, 1.54) is 6.08 Å². The molecule has 1 aromatic carbocycles. The number of carbonyl (C=O) groups excluding carboxylic acids is 2. The zero-order chi connectivity index (χ0) is 14.4. The lowest BCUT2D eigenvalue weighted by atomic mass is 9.93. The van der Waals surface area contributed by atoms with E-state index < -0.39 is 0 Å². The molecule has 1 unspecified atom stereocenters. The van der Waals surface area contributed by atoms with Crippen LogP contribution in [0.15, 0.2) is 54.6 Å². The molecule has 20 heavy (non-hydrogen) atoms. The Bertz CT molecular complexity index is 599. The predicted octanol–water partition coefficient (Wildman–Crippen LogP) is 2.90. The molecule has 0 radical (unpaired) electrons. The average molecular weight is 267 g/mol. The van der Waals surface area contributed by atoms with Gasteiger partial charge in [0, 0.05) is 5.56 Å². The molecule has 1 atom stereocenters. The van der Waals surface area contributed by atoms with Crippen LogP contribution in [0.5, 0.6) is 0 Å². The van der Waals surface area contributed by atoms with Crippen molar-refractivity contribution in [1.82, 2.24) is 5.32 Å². The molecule has 1 aliphatic rings. The van der Waals surface area contributed by atoms with Crippen LogP contribution < -0.4 is 5.32 Å². The lowest BCUT2D eigenvalue weighted by molar-refractivity contribution is -0.104. The molecule has 1 N–H and O–H groups in total. The normalized spacial score (nSPS) is 21.1. The number of carbonyl (C=O) groups is 2. The van der Waals surface area contributed by atoms with E-state index in [1.807, 2.05) is 37.3 Å². The second kappa shape index (κ2) is 6.15. The monoisotopic (exact) mass is 267 g/mol. The second-order valence-electron chi connectivity index (χ2n) is 4.98. The first-order valence-corrected chi connectivity index (χ1v) is 6.52. The van der Waals surface area contributed by atoms with Crippen LogP contribution in [0.3, 0.4) is 0 Å². The molecule has 102 valence electrons. The number of aldehydes is 1. The molecule has 2 rings (SSSR count).